The van der Waals surface area contributed by atoms with Crippen molar-refractivity contribution in [3.63, 3.8) is 0 Å². The summed E-state index contributed by atoms with van der Waals surface area (Å²) in [4.78, 5) is 9.75. The first-order valence-corrected chi connectivity index (χ1v) is 9.26. The summed E-state index contributed by atoms with van der Waals surface area (Å²) in [5.74, 6) is 0. The summed E-state index contributed by atoms with van der Waals surface area (Å²) >= 11 is 24.5. The Morgan fingerprint density at radius 2 is 1.73 bits per heavy atom. The third-order valence-electron chi connectivity index (χ3n) is 3.76. The van der Waals surface area contributed by atoms with Crippen LogP contribution in [-0.4, -0.2) is 9.55 Å². The lowest BCUT2D eigenvalue weighted by atomic mass is 10.1. The van der Waals surface area contributed by atoms with E-state index >= 15 is 0 Å². The van der Waals surface area contributed by atoms with Gasteiger partial charge in [-0.25, -0.2) is 4.98 Å². The number of imidazole rings is 1. The molecule has 26 heavy (non-hydrogen) atoms. The zero-order chi connectivity index (χ0) is 18.5. The lowest BCUT2D eigenvalue weighted by Gasteiger charge is -2.21. The molecule has 1 unspecified atom stereocenters. The van der Waals surface area contributed by atoms with Gasteiger partial charge >= 0.3 is 0 Å². The van der Waals surface area contributed by atoms with Gasteiger partial charge in [0.05, 0.1) is 19.0 Å². The van der Waals surface area contributed by atoms with Crippen LogP contribution in [0, 0.1) is 0 Å². The third-order valence-corrected chi connectivity index (χ3v) is 4.91. The second kappa shape index (κ2) is 9.09. The zero-order valence-electron chi connectivity index (χ0n) is 13.5. The summed E-state index contributed by atoms with van der Waals surface area (Å²) < 4.78 is 1.93. The summed E-state index contributed by atoms with van der Waals surface area (Å²) in [5.41, 5.74) is 4.75. The molecule has 0 aliphatic carbocycles. The maximum atomic E-state index is 6.36. The van der Waals surface area contributed by atoms with E-state index in [1.807, 2.05) is 22.9 Å². The highest BCUT2D eigenvalue weighted by atomic mass is 35.5. The highest BCUT2D eigenvalue weighted by Crippen LogP contribution is 2.28. The van der Waals surface area contributed by atoms with Crippen molar-refractivity contribution >= 4 is 46.4 Å². The number of hydroxylamine groups is 1. The van der Waals surface area contributed by atoms with Crippen molar-refractivity contribution in [3.05, 3.63) is 86.3 Å². The molecule has 3 rings (SSSR count). The number of nitrogens with one attached hydrogen (secondary N) is 1. The van der Waals surface area contributed by atoms with Crippen molar-refractivity contribution in [1.82, 2.24) is 15.0 Å². The van der Waals surface area contributed by atoms with Crippen LogP contribution in [0.25, 0.3) is 0 Å². The van der Waals surface area contributed by atoms with Crippen molar-refractivity contribution in [2.45, 2.75) is 19.2 Å². The molecule has 0 aliphatic heterocycles. The molecule has 0 saturated carbocycles. The van der Waals surface area contributed by atoms with Gasteiger partial charge in [0.2, 0.25) is 0 Å². The molecule has 1 aromatic heterocycles. The Bertz CT molecular complexity index is 871. The van der Waals surface area contributed by atoms with Gasteiger partial charge in [-0.05, 0) is 35.4 Å². The van der Waals surface area contributed by atoms with Crippen LogP contribution in [0.3, 0.4) is 0 Å². The van der Waals surface area contributed by atoms with E-state index in [1.54, 1.807) is 36.8 Å². The maximum Gasteiger partial charge on any atom is 0.0947 e. The Hall–Kier alpha value is -1.27. The largest absolute Gasteiger partial charge is 0.335 e. The topological polar surface area (TPSA) is 39.1 Å². The molecule has 1 atom stereocenters. The van der Waals surface area contributed by atoms with E-state index in [4.69, 9.17) is 51.2 Å². The summed E-state index contributed by atoms with van der Waals surface area (Å²) in [5, 5.41) is 2.27. The SMILES string of the molecule is Clc1ccc(CONC(Cn2ccnc2)c2ccc(Cl)cc2Cl)c(Cl)c1. The number of aromatic nitrogens is 2. The Morgan fingerprint density at radius 3 is 2.38 bits per heavy atom. The molecule has 8 heteroatoms. The average Bonchev–Trinajstić information content (AvgIpc) is 3.09. The molecule has 0 fully saturated rings. The molecule has 1 heterocycles. The molecule has 0 aliphatic rings. The van der Waals surface area contributed by atoms with Gasteiger partial charge in [0.15, 0.2) is 0 Å². The van der Waals surface area contributed by atoms with Gasteiger partial charge in [-0.3, -0.25) is 4.84 Å². The Balaban J connectivity index is 1.73. The first kappa shape index (κ1) is 19.5. The Kier molecular flexibility index (Phi) is 6.81. The average molecular weight is 431 g/mol. The monoisotopic (exact) mass is 429 g/mol. The van der Waals surface area contributed by atoms with Crippen molar-refractivity contribution in [1.29, 1.82) is 0 Å². The number of halogens is 4. The van der Waals surface area contributed by atoms with E-state index < -0.39 is 0 Å². The Labute approximate surface area is 171 Å². The summed E-state index contributed by atoms with van der Waals surface area (Å²) in [6.07, 6.45) is 5.32. The van der Waals surface area contributed by atoms with Crippen molar-refractivity contribution in [2.24, 2.45) is 0 Å². The van der Waals surface area contributed by atoms with Gasteiger partial charge in [-0.2, -0.15) is 5.48 Å². The fraction of sp³-hybridized carbons (Fsp3) is 0.167. The number of benzene rings is 2. The predicted molar refractivity (Wildman–Crippen MR) is 106 cm³/mol. The molecule has 0 amide bonds. The third kappa shape index (κ3) is 5.13. The first-order valence-electron chi connectivity index (χ1n) is 7.75. The first-order chi connectivity index (χ1) is 12.5. The molecule has 2 aromatic carbocycles. The van der Waals surface area contributed by atoms with Crippen LogP contribution in [0.2, 0.25) is 20.1 Å². The normalized spacial score (nSPS) is 12.3. The van der Waals surface area contributed by atoms with E-state index in [0.29, 0.717) is 26.6 Å². The lowest BCUT2D eigenvalue weighted by molar-refractivity contribution is -0.000934. The highest BCUT2D eigenvalue weighted by molar-refractivity contribution is 6.35. The summed E-state index contributed by atoms with van der Waals surface area (Å²) in [7, 11) is 0. The van der Waals surface area contributed by atoms with E-state index in [1.165, 1.54) is 0 Å². The van der Waals surface area contributed by atoms with E-state index in [0.717, 1.165) is 11.1 Å². The van der Waals surface area contributed by atoms with Gasteiger partial charge in [0, 0.05) is 39.0 Å². The van der Waals surface area contributed by atoms with Crippen molar-refractivity contribution in [2.75, 3.05) is 0 Å². The summed E-state index contributed by atoms with van der Waals surface area (Å²) in [6.45, 7) is 0.858. The van der Waals surface area contributed by atoms with Crippen molar-refractivity contribution < 1.29 is 4.84 Å². The minimum Gasteiger partial charge on any atom is -0.335 e. The van der Waals surface area contributed by atoms with Crippen LogP contribution < -0.4 is 5.48 Å². The quantitative estimate of drug-likeness (QED) is 0.470. The fourth-order valence-electron chi connectivity index (χ4n) is 2.45. The van der Waals surface area contributed by atoms with Crippen molar-refractivity contribution in [3.8, 4) is 0 Å². The molecule has 0 saturated heterocycles. The van der Waals surface area contributed by atoms with Crippen LogP contribution in [0.1, 0.15) is 17.2 Å². The Morgan fingerprint density at radius 1 is 1.00 bits per heavy atom. The number of nitrogens with zero attached hydrogens (tertiary/aromatic N) is 2. The standard InChI is InChI=1S/C18H15Cl4N3O/c19-13-2-1-12(16(21)7-13)10-26-24-18(9-25-6-5-23-11-25)15-4-3-14(20)8-17(15)22/h1-8,11,18,24H,9-10H2. The second-order valence-corrected chi connectivity index (χ2v) is 7.31. The molecule has 4 nitrogen and oxygen atoms in total. The van der Waals surface area contributed by atoms with Crippen LogP contribution >= 0.6 is 46.4 Å². The highest BCUT2D eigenvalue weighted by Gasteiger charge is 2.16. The maximum absolute atomic E-state index is 6.36. The number of hydrogen-bond acceptors (Lipinski definition) is 3. The van der Waals surface area contributed by atoms with Gasteiger partial charge < -0.3 is 4.57 Å². The molecule has 0 radical (unpaired) electrons. The minimum atomic E-state index is -0.208. The molecule has 136 valence electrons. The second-order valence-electron chi connectivity index (χ2n) is 5.62. The van der Waals surface area contributed by atoms with Crippen LogP contribution in [0.15, 0.2) is 55.1 Å². The fourth-order valence-corrected chi connectivity index (χ4v) is 3.45. The molecule has 0 bridgehead atoms. The molecular weight excluding hydrogens is 416 g/mol. The van der Waals surface area contributed by atoms with Gasteiger partial charge in [-0.15, -0.1) is 0 Å². The minimum absolute atomic E-state index is 0.208. The van der Waals surface area contributed by atoms with E-state index in [2.05, 4.69) is 10.5 Å². The number of hydrogen-bond donors (Lipinski definition) is 1. The van der Waals surface area contributed by atoms with Gasteiger partial charge in [-0.1, -0.05) is 58.5 Å². The number of rotatable bonds is 7. The zero-order valence-corrected chi connectivity index (χ0v) is 16.5. The van der Waals surface area contributed by atoms with Gasteiger partial charge in [0.25, 0.3) is 0 Å². The molecular formula is C18H15Cl4N3O. The van der Waals surface area contributed by atoms with Crippen LogP contribution in [-0.2, 0) is 18.0 Å². The lowest BCUT2D eigenvalue weighted by Crippen LogP contribution is -2.26. The molecule has 0 spiro atoms. The predicted octanol–water partition coefficient (Wildman–Crippen LogP) is 5.96. The van der Waals surface area contributed by atoms with Crippen LogP contribution in [0.5, 0.6) is 0 Å². The smallest absolute Gasteiger partial charge is 0.0947 e. The van der Waals surface area contributed by atoms with Gasteiger partial charge in [0.1, 0.15) is 0 Å². The molecule has 1 N–H and O–H groups in total. The summed E-state index contributed by atoms with van der Waals surface area (Å²) in [6, 6.07) is 10.4. The van der Waals surface area contributed by atoms with Crippen LogP contribution in [0.4, 0.5) is 0 Å². The molecule has 3 aromatic rings. The van der Waals surface area contributed by atoms with E-state index in [9.17, 15) is 0 Å². The van der Waals surface area contributed by atoms with E-state index in [-0.39, 0.29) is 12.6 Å².